The lowest BCUT2D eigenvalue weighted by molar-refractivity contribution is 0.284. The van der Waals surface area contributed by atoms with Crippen molar-refractivity contribution < 1.29 is 23.8 Å². The van der Waals surface area contributed by atoms with Crippen LogP contribution in [0.2, 0.25) is 0 Å². The number of ether oxygens (including phenoxy) is 2. The molecular formula is C22H19BO5. The van der Waals surface area contributed by atoms with E-state index in [1.807, 2.05) is 60.7 Å². The number of rotatable bonds is 6. The van der Waals surface area contributed by atoms with E-state index in [4.69, 9.17) is 18.8 Å². The standard InChI is InChI=1S/C22H19BO5/c1-25-19-13-11-15-7-3-5-9-17(15)21(19)27-23(24)28-22-18-10-6-4-8-16(18)12-14-20(22)26-2/h3-14,24H,1-2H3. The lowest BCUT2D eigenvalue weighted by atomic mass is 10.1. The van der Waals surface area contributed by atoms with Gasteiger partial charge in [0.05, 0.1) is 14.2 Å². The topological polar surface area (TPSA) is 57.2 Å². The van der Waals surface area contributed by atoms with E-state index in [2.05, 4.69) is 0 Å². The molecule has 0 aromatic heterocycles. The molecule has 4 aromatic rings. The van der Waals surface area contributed by atoms with E-state index >= 15 is 0 Å². The first-order valence-corrected chi connectivity index (χ1v) is 8.84. The highest BCUT2D eigenvalue weighted by molar-refractivity contribution is 6.37. The molecule has 0 unspecified atom stereocenters. The van der Waals surface area contributed by atoms with Crippen LogP contribution in [-0.4, -0.2) is 26.6 Å². The second kappa shape index (κ2) is 7.70. The lowest BCUT2D eigenvalue weighted by Crippen LogP contribution is -2.30. The monoisotopic (exact) mass is 374 g/mol. The zero-order chi connectivity index (χ0) is 19.5. The van der Waals surface area contributed by atoms with Gasteiger partial charge in [0.15, 0.2) is 23.0 Å². The van der Waals surface area contributed by atoms with Gasteiger partial charge in [0.2, 0.25) is 0 Å². The van der Waals surface area contributed by atoms with E-state index in [0.29, 0.717) is 23.0 Å². The predicted octanol–water partition coefficient (Wildman–Crippen LogP) is 4.45. The molecular weight excluding hydrogens is 355 g/mol. The van der Waals surface area contributed by atoms with E-state index in [-0.39, 0.29) is 0 Å². The highest BCUT2D eigenvalue weighted by atomic mass is 16.7. The average Bonchev–Trinajstić information content (AvgIpc) is 2.74. The molecule has 0 aliphatic carbocycles. The molecule has 0 heterocycles. The van der Waals surface area contributed by atoms with Gasteiger partial charge in [0.25, 0.3) is 0 Å². The first kappa shape index (κ1) is 18.0. The molecule has 0 spiro atoms. The first-order chi connectivity index (χ1) is 13.7. The maximum atomic E-state index is 10.6. The van der Waals surface area contributed by atoms with Crippen molar-refractivity contribution in [3.63, 3.8) is 0 Å². The summed E-state index contributed by atoms with van der Waals surface area (Å²) in [7, 11) is 1.55. The Morgan fingerprint density at radius 1 is 0.607 bits per heavy atom. The molecule has 4 aromatic carbocycles. The van der Waals surface area contributed by atoms with Crippen LogP contribution in [0.1, 0.15) is 0 Å². The van der Waals surface area contributed by atoms with Crippen LogP contribution in [0.3, 0.4) is 0 Å². The minimum Gasteiger partial charge on any atom is -0.497 e. The number of methoxy groups -OCH3 is 2. The van der Waals surface area contributed by atoms with Crippen LogP contribution in [0, 0.1) is 0 Å². The van der Waals surface area contributed by atoms with Gasteiger partial charge >= 0.3 is 7.32 Å². The molecule has 140 valence electrons. The quantitative estimate of drug-likeness (QED) is 0.506. The van der Waals surface area contributed by atoms with E-state index in [1.54, 1.807) is 26.4 Å². The van der Waals surface area contributed by atoms with Crippen molar-refractivity contribution >= 4 is 28.9 Å². The van der Waals surface area contributed by atoms with Crippen LogP contribution in [0.25, 0.3) is 21.5 Å². The van der Waals surface area contributed by atoms with Gasteiger partial charge < -0.3 is 23.8 Å². The van der Waals surface area contributed by atoms with Crippen LogP contribution in [0.4, 0.5) is 0 Å². The molecule has 0 saturated carbocycles. The Bertz CT molecular complexity index is 1040. The summed E-state index contributed by atoms with van der Waals surface area (Å²) in [6, 6.07) is 22.8. The molecule has 0 amide bonds. The molecule has 0 saturated heterocycles. The molecule has 0 aliphatic heterocycles. The van der Waals surface area contributed by atoms with Gasteiger partial charge in [-0.05, 0) is 22.9 Å². The zero-order valence-corrected chi connectivity index (χ0v) is 15.6. The number of hydrogen-bond donors (Lipinski definition) is 1. The summed E-state index contributed by atoms with van der Waals surface area (Å²) in [6.45, 7) is 0. The van der Waals surface area contributed by atoms with Crippen molar-refractivity contribution in [3.8, 4) is 23.0 Å². The largest absolute Gasteiger partial charge is 0.785 e. The van der Waals surface area contributed by atoms with Crippen molar-refractivity contribution in [1.29, 1.82) is 0 Å². The summed E-state index contributed by atoms with van der Waals surface area (Å²) >= 11 is 0. The SMILES string of the molecule is COc1ccc2ccccc2c1OB(O)Oc1c(OC)ccc2ccccc12. The third kappa shape index (κ3) is 3.30. The molecule has 4 rings (SSSR count). The molecule has 0 radical (unpaired) electrons. The number of fused-ring (bicyclic) bond motifs is 2. The second-order valence-corrected chi connectivity index (χ2v) is 6.18. The van der Waals surface area contributed by atoms with Gasteiger partial charge in [0.1, 0.15) is 0 Å². The fraction of sp³-hybridized carbons (Fsp3) is 0.0909. The van der Waals surface area contributed by atoms with E-state index < -0.39 is 7.32 Å². The third-order valence-corrected chi connectivity index (χ3v) is 4.56. The summed E-state index contributed by atoms with van der Waals surface area (Å²) in [5.41, 5.74) is 0. The third-order valence-electron chi connectivity index (χ3n) is 4.56. The normalized spacial score (nSPS) is 10.7. The van der Waals surface area contributed by atoms with Gasteiger partial charge in [-0.25, -0.2) is 0 Å². The number of hydrogen-bond acceptors (Lipinski definition) is 5. The van der Waals surface area contributed by atoms with Gasteiger partial charge in [-0.3, -0.25) is 0 Å². The van der Waals surface area contributed by atoms with Crippen molar-refractivity contribution in [2.45, 2.75) is 0 Å². The molecule has 1 N–H and O–H groups in total. The van der Waals surface area contributed by atoms with Crippen LogP contribution in [0.5, 0.6) is 23.0 Å². The Labute approximate surface area is 163 Å². The van der Waals surface area contributed by atoms with Crippen LogP contribution in [0.15, 0.2) is 72.8 Å². The summed E-state index contributed by atoms with van der Waals surface area (Å²) in [4.78, 5) is 0. The Morgan fingerprint density at radius 2 is 1.04 bits per heavy atom. The van der Waals surface area contributed by atoms with E-state index in [9.17, 15) is 5.02 Å². The Balaban J connectivity index is 1.70. The highest BCUT2D eigenvalue weighted by Gasteiger charge is 2.27. The second-order valence-electron chi connectivity index (χ2n) is 6.18. The van der Waals surface area contributed by atoms with Crippen molar-refractivity contribution in [1.82, 2.24) is 0 Å². The minimum absolute atomic E-state index is 0.410. The predicted molar refractivity (Wildman–Crippen MR) is 110 cm³/mol. The molecule has 0 bridgehead atoms. The molecule has 28 heavy (non-hydrogen) atoms. The summed E-state index contributed by atoms with van der Waals surface area (Å²) in [6.07, 6.45) is 0. The molecule has 0 atom stereocenters. The van der Waals surface area contributed by atoms with Crippen molar-refractivity contribution in [2.24, 2.45) is 0 Å². The van der Waals surface area contributed by atoms with Crippen LogP contribution < -0.4 is 18.8 Å². The minimum atomic E-state index is -1.56. The van der Waals surface area contributed by atoms with Gasteiger partial charge in [-0.15, -0.1) is 0 Å². The first-order valence-electron chi connectivity index (χ1n) is 8.84. The average molecular weight is 374 g/mol. The lowest BCUT2D eigenvalue weighted by Gasteiger charge is -2.18. The molecule has 0 fully saturated rings. The fourth-order valence-corrected chi connectivity index (χ4v) is 3.24. The molecule has 5 nitrogen and oxygen atoms in total. The Hall–Kier alpha value is -3.38. The molecule has 6 heteroatoms. The maximum Gasteiger partial charge on any atom is 0.785 e. The Morgan fingerprint density at radius 3 is 1.46 bits per heavy atom. The maximum absolute atomic E-state index is 10.6. The summed E-state index contributed by atoms with van der Waals surface area (Å²) in [5, 5.41) is 14.1. The Kier molecular flexibility index (Phi) is 4.95. The van der Waals surface area contributed by atoms with E-state index in [0.717, 1.165) is 21.5 Å². The fourth-order valence-electron chi connectivity index (χ4n) is 3.24. The smallest absolute Gasteiger partial charge is 0.497 e. The van der Waals surface area contributed by atoms with Gasteiger partial charge in [-0.2, -0.15) is 0 Å². The van der Waals surface area contributed by atoms with Crippen LogP contribution >= 0.6 is 0 Å². The highest BCUT2D eigenvalue weighted by Crippen LogP contribution is 2.38. The zero-order valence-electron chi connectivity index (χ0n) is 15.6. The van der Waals surface area contributed by atoms with Crippen molar-refractivity contribution in [2.75, 3.05) is 14.2 Å². The van der Waals surface area contributed by atoms with Crippen molar-refractivity contribution in [3.05, 3.63) is 72.8 Å². The molecule has 0 aliphatic rings. The van der Waals surface area contributed by atoms with Gasteiger partial charge in [0, 0.05) is 10.8 Å². The number of benzene rings is 4. The van der Waals surface area contributed by atoms with E-state index in [1.165, 1.54) is 0 Å². The van der Waals surface area contributed by atoms with Gasteiger partial charge in [-0.1, -0.05) is 60.7 Å². The summed E-state index contributed by atoms with van der Waals surface area (Å²) in [5.74, 6) is 1.83. The van der Waals surface area contributed by atoms with Crippen LogP contribution in [-0.2, 0) is 0 Å². The summed E-state index contributed by atoms with van der Waals surface area (Å²) < 4.78 is 22.3.